The molecule has 0 aliphatic rings. The minimum Gasteiger partial charge on any atom is -0.476 e. The summed E-state index contributed by atoms with van der Waals surface area (Å²) in [6, 6.07) is 0. The van der Waals surface area contributed by atoms with Gasteiger partial charge in [0, 0.05) is 12.4 Å². The molecule has 0 amide bonds. The topological polar surface area (TPSA) is 89.1 Å². The molecule has 6 heteroatoms. The van der Waals surface area contributed by atoms with E-state index in [2.05, 4.69) is 15.0 Å². The molecule has 0 saturated carbocycles. The number of carboxylic acids is 1. The lowest BCUT2D eigenvalue weighted by Gasteiger charge is -1.94. The maximum atomic E-state index is 10.7. The van der Waals surface area contributed by atoms with Gasteiger partial charge in [-0.15, -0.1) is 0 Å². The lowest BCUT2D eigenvalue weighted by Crippen LogP contribution is -1.98. The summed E-state index contributed by atoms with van der Waals surface area (Å²) in [5.41, 5.74) is 0.349. The third kappa shape index (κ3) is 1.33. The van der Waals surface area contributed by atoms with Crippen LogP contribution in [0.1, 0.15) is 10.5 Å². The number of aromatic nitrogens is 3. The molecule has 0 fully saturated rings. The quantitative estimate of drug-likeness (QED) is 0.756. The summed E-state index contributed by atoms with van der Waals surface area (Å²) in [6.07, 6.45) is 5.34. The fourth-order valence-electron chi connectivity index (χ4n) is 1.02. The van der Waals surface area contributed by atoms with Crippen molar-refractivity contribution in [3.05, 3.63) is 30.8 Å². The van der Waals surface area contributed by atoms with Crippen molar-refractivity contribution in [2.45, 2.75) is 0 Å². The van der Waals surface area contributed by atoms with Crippen molar-refractivity contribution >= 4 is 5.97 Å². The molecule has 0 unspecified atom stereocenters. The normalized spacial score (nSPS) is 10.0. The van der Waals surface area contributed by atoms with Crippen molar-refractivity contribution in [2.75, 3.05) is 0 Å². The summed E-state index contributed by atoms with van der Waals surface area (Å²) in [5, 5.41) is 8.75. The Hall–Kier alpha value is -2.24. The van der Waals surface area contributed by atoms with E-state index < -0.39 is 5.97 Å². The van der Waals surface area contributed by atoms with Crippen molar-refractivity contribution in [2.24, 2.45) is 0 Å². The summed E-state index contributed by atoms with van der Waals surface area (Å²) in [7, 11) is 0. The Balaban J connectivity index is 2.52. The van der Waals surface area contributed by atoms with Crippen LogP contribution in [0.25, 0.3) is 11.3 Å². The first-order valence-corrected chi connectivity index (χ1v) is 3.71. The second-order valence-corrected chi connectivity index (χ2v) is 2.46. The highest BCUT2D eigenvalue weighted by Crippen LogP contribution is 2.20. The average Bonchev–Trinajstić information content (AvgIpc) is 2.67. The van der Waals surface area contributed by atoms with E-state index in [1.165, 1.54) is 18.7 Å². The smallest absolute Gasteiger partial charge is 0.358 e. The van der Waals surface area contributed by atoms with Crippen LogP contribution in [-0.2, 0) is 0 Å². The van der Waals surface area contributed by atoms with E-state index >= 15 is 0 Å². The van der Waals surface area contributed by atoms with Gasteiger partial charge in [0.1, 0.15) is 6.33 Å². The largest absolute Gasteiger partial charge is 0.476 e. The molecular weight excluding hydrogens is 186 g/mol. The summed E-state index contributed by atoms with van der Waals surface area (Å²) in [4.78, 5) is 21.8. The standard InChI is InChI=1S/C8H5N3O3/c12-8(13)6-7(14-4-11-6)5-1-9-3-10-2-5/h1-4H,(H,12,13). The summed E-state index contributed by atoms with van der Waals surface area (Å²) in [6.45, 7) is 0. The number of hydrogen-bond acceptors (Lipinski definition) is 5. The summed E-state index contributed by atoms with van der Waals surface area (Å²) >= 11 is 0. The molecule has 0 bridgehead atoms. The lowest BCUT2D eigenvalue weighted by atomic mass is 10.2. The number of aromatic carboxylic acids is 1. The number of nitrogens with zero attached hydrogens (tertiary/aromatic N) is 3. The van der Waals surface area contributed by atoms with Crippen LogP contribution in [0, 0.1) is 0 Å². The van der Waals surface area contributed by atoms with Gasteiger partial charge in [-0.25, -0.2) is 19.7 Å². The average molecular weight is 191 g/mol. The Labute approximate surface area is 78.3 Å². The third-order valence-corrected chi connectivity index (χ3v) is 1.59. The minimum atomic E-state index is -1.14. The van der Waals surface area contributed by atoms with Gasteiger partial charge in [0.05, 0.1) is 5.56 Å². The maximum absolute atomic E-state index is 10.7. The van der Waals surface area contributed by atoms with Crippen LogP contribution in [0.5, 0.6) is 0 Å². The Morgan fingerprint density at radius 3 is 2.71 bits per heavy atom. The highest BCUT2D eigenvalue weighted by molar-refractivity contribution is 5.91. The van der Waals surface area contributed by atoms with Gasteiger partial charge in [-0.05, 0) is 0 Å². The van der Waals surface area contributed by atoms with Crippen molar-refractivity contribution in [1.82, 2.24) is 15.0 Å². The first kappa shape index (κ1) is 8.36. The van der Waals surface area contributed by atoms with Crippen LogP contribution in [-0.4, -0.2) is 26.0 Å². The SMILES string of the molecule is O=C(O)c1ncoc1-c1cncnc1. The predicted octanol–water partition coefficient (Wildman–Crippen LogP) is 0.830. The van der Waals surface area contributed by atoms with Crippen molar-refractivity contribution in [3.63, 3.8) is 0 Å². The highest BCUT2D eigenvalue weighted by Gasteiger charge is 2.17. The van der Waals surface area contributed by atoms with Crippen molar-refractivity contribution < 1.29 is 14.3 Å². The fourth-order valence-corrected chi connectivity index (χ4v) is 1.02. The van der Waals surface area contributed by atoms with Gasteiger partial charge < -0.3 is 9.52 Å². The Kier molecular flexibility index (Phi) is 1.94. The van der Waals surface area contributed by atoms with Crippen molar-refractivity contribution in [1.29, 1.82) is 0 Å². The van der Waals surface area contributed by atoms with Gasteiger partial charge in [0.25, 0.3) is 0 Å². The molecule has 14 heavy (non-hydrogen) atoms. The van der Waals surface area contributed by atoms with Gasteiger partial charge >= 0.3 is 5.97 Å². The zero-order chi connectivity index (χ0) is 9.97. The van der Waals surface area contributed by atoms with Crippen LogP contribution >= 0.6 is 0 Å². The number of oxazole rings is 1. The molecular formula is C8H5N3O3. The Bertz CT molecular complexity index is 452. The molecule has 2 rings (SSSR count). The first-order chi connectivity index (χ1) is 6.79. The Morgan fingerprint density at radius 1 is 1.36 bits per heavy atom. The molecule has 70 valence electrons. The lowest BCUT2D eigenvalue weighted by molar-refractivity contribution is 0.0691. The predicted molar refractivity (Wildman–Crippen MR) is 44.5 cm³/mol. The van der Waals surface area contributed by atoms with E-state index in [0.717, 1.165) is 6.39 Å². The molecule has 2 aromatic rings. The third-order valence-electron chi connectivity index (χ3n) is 1.59. The van der Waals surface area contributed by atoms with E-state index in [0.29, 0.717) is 5.56 Å². The van der Waals surface area contributed by atoms with Crippen LogP contribution in [0.3, 0.4) is 0 Å². The van der Waals surface area contributed by atoms with E-state index in [4.69, 9.17) is 9.52 Å². The number of carbonyl (C=O) groups is 1. The van der Waals surface area contributed by atoms with Gasteiger partial charge in [-0.1, -0.05) is 0 Å². The van der Waals surface area contributed by atoms with Crippen LogP contribution in [0.15, 0.2) is 29.5 Å². The molecule has 6 nitrogen and oxygen atoms in total. The van der Waals surface area contributed by atoms with Crippen LogP contribution < -0.4 is 0 Å². The molecule has 0 atom stereocenters. The van der Waals surface area contributed by atoms with Gasteiger partial charge in [-0.2, -0.15) is 0 Å². The van der Waals surface area contributed by atoms with E-state index in [9.17, 15) is 4.79 Å². The summed E-state index contributed by atoms with van der Waals surface area (Å²) < 4.78 is 4.94. The monoisotopic (exact) mass is 191 g/mol. The van der Waals surface area contributed by atoms with Gasteiger partial charge in [0.15, 0.2) is 17.8 Å². The number of rotatable bonds is 2. The zero-order valence-corrected chi connectivity index (χ0v) is 6.91. The van der Waals surface area contributed by atoms with Crippen molar-refractivity contribution in [3.8, 4) is 11.3 Å². The van der Waals surface area contributed by atoms with Crippen LogP contribution in [0.4, 0.5) is 0 Å². The molecule has 0 radical (unpaired) electrons. The summed E-state index contributed by atoms with van der Waals surface area (Å²) in [5.74, 6) is -0.976. The number of hydrogen-bond donors (Lipinski definition) is 1. The molecule has 2 aromatic heterocycles. The van der Waals surface area contributed by atoms with Gasteiger partial charge in [-0.3, -0.25) is 0 Å². The molecule has 0 aliphatic heterocycles. The van der Waals surface area contributed by atoms with Crippen LogP contribution in [0.2, 0.25) is 0 Å². The second-order valence-electron chi connectivity index (χ2n) is 2.46. The zero-order valence-electron chi connectivity index (χ0n) is 6.91. The number of carboxylic acid groups (broad SMARTS) is 1. The van der Waals surface area contributed by atoms with E-state index in [1.54, 1.807) is 0 Å². The molecule has 0 spiro atoms. The highest BCUT2D eigenvalue weighted by atomic mass is 16.4. The maximum Gasteiger partial charge on any atom is 0.358 e. The Morgan fingerprint density at radius 2 is 2.07 bits per heavy atom. The van der Waals surface area contributed by atoms with Gasteiger partial charge in [0.2, 0.25) is 0 Å². The minimum absolute atomic E-state index is 0.139. The fraction of sp³-hybridized carbons (Fsp3) is 0. The second kappa shape index (κ2) is 3.25. The molecule has 1 N–H and O–H groups in total. The molecule has 0 aromatic carbocycles. The van der Waals surface area contributed by atoms with E-state index in [1.807, 2.05) is 0 Å². The first-order valence-electron chi connectivity index (χ1n) is 3.71. The van der Waals surface area contributed by atoms with E-state index in [-0.39, 0.29) is 11.5 Å². The molecule has 2 heterocycles. The molecule has 0 aliphatic carbocycles. The molecule has 0 saturated heterocycles.